The summed E-state index contributed by atoms with van der Waals surface area (Å²) in [6, 6.07) is 9.67. The average molecular weight is 256 g/mol. The zero-order valence-corrected chi connectivity index (χ0v) is 9.91. The molecule has 1 aliphatic carbocycles. The quantitative estimate of drug-likeness (QED) is 0.775. The summed E-state index contributed by atoms with van der Waals surface area (Å²) in [5, 5.41) is 0. The van der Waals surface area contributed by atoms with E-state index in [4.69, 9.17) is 0 Å². The maximum Gasteiger partial charge on any atom is 0.389 e. The highest BCUT2D eigenvalue weighted by molar-refractivity contribution is 5.84. The SMILES string of the molecule is O=C(CCCC(F)(F)F)C1CC1c1ccccc1. The number of hydrogen-bond donors (Lipinski definition) is 0. The minimum absolute atomic E-state index is 0.0203. The van der Waals surface area contributed by atoms with Crippen molar-refractivity contribution in [3.05, 3.63) is 35.9 Å². The third kappa shape index (κ3) is 3.59. The van der Waals surface area contributed by atoms with Crippen LogP contribution < -0.4 is 0 Å². The number of halogens is 3. The van der Waals surface area contributed by atoms with Crippen LogP contribution in [0.5, 0.6) is 0 Å². The summed E-state index contributed by atoms with van der Waals surface area (Å²) in [7, 11) is 0. The van der Waals surface area contributed by atoms with Gasteiger partial charge in [0.25, 0.3) is 0 Å². The second kappa shape index (κ2) is 5.12. The Bertz CT molecular complexity index is 411. The highest BCUT2D eigenvalue weighted by Crippen LogP contribution is 2.48. The number of carbonyl (C=O) groups is 1. The summed E-state index contributed by atoms with van der Waals surface area (Å²) in [5.74, 6) is 0.151. The number of alkyl halides is 3. The van der Waals surface area contributed by atoms with Crippen molar-refractivity contribution in [1.29, 1.82) is 0 Å². The van der Waals surface area contributed by atoms with Crippen molar-refractivity contribution in [3.8, 4) is 0 Å². The molecule has 0 radical (unpaired) electrons. The minimum Gasteiger partial charge on any atom is -0.299 e. The predicted molar refractivity (Wildman–Crippen MR) is 62.2 cm³/mol. The van der Waals surface area contributed by atoms with E-state index >= 15 is 0 Å². The van der Waals surface area contributed by atoms with E-state index in [1.807, 2.05) is 30.3 Å². The fourth-order valence-electron chi connectivity index (χ4n) is 2.27. The molecule has 1 aliphatic rings. The summed E-state index contributed by atoms with van der Waals surface area (Å²) in [5.41, 5.74) is 1.12. The maximum absolute atomic E-state index is 12.0. The van der Waals surface area contributed by atoms with E-state index in [1.54, 1.807) is 0 Å². The van der Waals surface area contributed by atoms with Gasteiger partial charge in [0.1, 0.15) is 5.78 Å². The highest BCUT2D eigenvalue weighted by Gasteiger charge is 2.43. The Morgan fingerprint density at radius 2 is 1.89 bits per heavy atom. The lowest BCUT2D eigenvalue weighted by Gasteiger charge is -2.05. The molecule has 4 heteroatoms. The van der Waals surface area contributed by atoms with E-state index in [-0.39, 0.29) is 30.5 Å². The average Bonchev–Trinajstić information content (AvgIpc) is 3.08. The molecule has 98 valence electrons. The molecule has 0 saturated heterocycles. The highest BCUT2D eigenvalue weighted by atomic mass is 19.4. The van der Waals surface area contributed by atoms with E-state index in [2.05, 4.69) is 0 Å². The summed E-state index contributed by atoms with van der Waals surface area (Å²) in [6.07, 6.45) is -4.26. The number of Topliss-reactive ketones (excluding diaryl/α,β-unsaturated/α-hetero) is 1. The lowest BCUT2D eigenvalue weighted by Crippen LogP contribution is -2.09. The Kier molecular flexibility index (Phi) is 3.73. The Labute approximate surface area is 104 Å². The second-order valence-corrected chi connectivity index (χ2v) is 4.79. The van der Waals surface area contributed by atoms with Crippen LogP contribution in [0.4, 0.5) is 13.2 Å². The van der Waals surface area contributed by atoms with Gasteiger partial charge in [0.05, 0.1) is 0 Å². The van der Waals surface area contributed by atoms with E-state index in [0.717, 1.165) is 12.0 Å². The molecule has 2 unspecified atom stereocenters. The molecule has 1 aromatic carbocycles. The molecule has 2 rings (SSSR count). The molecule has 18 heavy (non-hydrogen) atoms. The van der Waals surface area contributed by atoms with Crippen LogP contribution in [0.15, 0.2) is 30.3 Å². The Morgan fingerprint density at radius 1 is 1.22 bits per heavy atom. The first-order valence-corrected chi connectivity index (χ1v) is 6.12. The summed E-state index contributed by atoms with van der Waals surface area (Å²) >= 11 is 0. The molecule has 1 saturated carbocycles. The molecule has 0 bridgehead atoms. The van der Waals surface area contributed by atoms with Crippen LogP contribution in [-0.4, -0.2) is 12.0 Å². The maximum atomic E-state index is 12.0. The zero-order chi connectivity index (χ0) is 13.2. The van der Waals surface area contributed by atoms with Gasteiger partial charge in [-0.2, -0.15) is 13.2 Å². The van der Waals surface area contributed by atoms with Gasteiger partial charge in [-0.25, -0.2) is 0 Å². The topological polar surface area (TPSA) is 17.1 Å². The Hall–Kier alpha value is -1.32. The third-order valence-corrected chi connectivity index (χ3v) is 3.32. The molecule has 0 amide bonds. The number of rotatable bonds is 5. The fourth-order valence-corrected chi connectivity index (χ4v) is 2.27. The lowest BCUT2D eigenvalue weighted by atomic mass is 10.0. The molecule has 0 heterocycles. The molecule has 1 aromatic rings. The van der Waals surface area contributed by atoms with E-state index < -0.39 is 12.6 Å². The van der Waals surface area contributed by atoms with Gasteiger partial charge >= 0.3 is 6.18 Å². The van der Waals surface area contributed by atoms with E-state index in [9.17, 15) is 18.0 Å². The standard InChI is InChI=1S/C14H15F3O/c15-14(16,17)8-4-7-13(18)12-9-11(12)10-5-2-1-3-6-10/h1-3,5-6,11-12H,4,7-9H2. The molecule has 1 nitrogen and oxygen atoms in total. The van der Waals surface area contributed by atoms with Crippen molar-refractivity contribution in [3.63, 3.8) is 0 Å². The van der Waals surface area contributed by atoms with Gasteiger partial charge in [-0.1, -0.05) is 30.3 Å². The monoisotopic (exact) mass is 256 g/mol. The van der Waals surface area contributed by atoms with Crippen molar-refractivity contribution < 1.29 is 18.0 Å². The van der Waals surface area contributed by atoms with Gasteiger partial charge < -0.3 is 0 Å². The zero-order valence-electron chi connectivity index (χ0n) is 9.91. The van der Waals surface area contributed by atoms with Gasteiger partial charge in [0.15, 0.2) is 0 Å². The van der Waals surface area contributed by atoms with Crippen LogP contribution in [0.25, 0.3) is 0 Å². The first-order chi connectivity index (χ1) is 8.47. The van der Waals surface area contributed by atoms with Gasteiger partial charge in [-0.15, -0.1) is 0 Å². The van der Waals surface area contributed by atoms with Crippen molar-refractivity contribution >= 4 is 5.78 Å². The van der Waals surface area contributed by atoms with Crippen LogP contribution in [0.3, 0.4) is 0 Å². The molecule has 1 fully saturated rings. The number of carbonyl (C=O) groups excluding carboxylic acids is 1. The predicted octanol–water partition coefficient (Wildman–Crippen LogP) is 4.09. The van der Waals surface area contributed by atoms with Crippen molar-refractivity contribution in [2.75, 3.05) is 0 Å². The Morgan fingerprint density at radius 3 is 2.50 bits per heavy atom. The van der Waals surface area contributed by atoms with E-state index in [1.165, 1.54) is 0 Å². The number of hydrogen-bond acceptors (Lipinski definition) is 1. The first-order valence-electron chi connectivity index (χ1n) is 6.12. The van der Waals surface area contributed by atoms with Crippen LogP contribution in [0, 0.1) is 5.92 Å². The molecule has 2 atom stereocenters. The summed E-state index contributed by atoms with van der Waals surface area (Å²) < 4.78 is 35.9. The minimum atomic E-state index is -4.15. The largest absolute Gasteiger partial charge is 0.389 e. The Balaban J connectivity index is 1.76. The molecule has 0 N–H and O–H groups in total. The molecule has 0 aliphatic heterocycles. The first kappa shape index (κ1) is 13.1. The number of ketones is 1. The number of benzene rings is 1. The second-order valence-electron chi connectivity index (χ2n) is 4.79. The molecular weight excluding hydrogens is 241 g/mol. The van der Waals surface area contributed by atoms with Crippen LogP contribution in [0.2, 0.25) is 0 Å². The van der Waals surface area contributed by atoms with Gasteiger partial charge in [-0.3, -0.25) is 4.79 Å². The molecule has 0 spiro atoms. The van der Waals surface area contributed by atoms with E-state index in [0.29, 0.717) is 0 Å². The normalized spacial score (nSPS) is 22.8. The molecular formula is C14H15F3O. The van der Waals surface area contributed by atoms with Crippen LogP contribution >= 0.6 is 0 Å². The molecule has 0 aromatic heterocycles. The summed E-state index contributed by atoms with van der Waals surface area (Å²) in [6.45, 7) is 0. The lowest BCUT2D eigenvalue weighted by molar-refractivity contribution is -0.137. The van der Waals surface area contributed by atoms with Crippen LogP contribution in [0.1, 0.15) is 37.2 Å². The fraction of sp³-hybridized carbons (Fsp3) is 0.500. The van der Waals surface area contributed by atoms with Gasteiger partial charge in [0, 0.05) is 18.8 Å². The summed E-state index contributed by atoms with van der Waals surface area (Å²) in [4.78, 5) is 11.7. The van der Waals surface area contributed by atoms with Crippen molar-refractivity contribution in [2.45, 2.75) is 37.8 Å². The van der Waals surface area contributed by atoms with Gasteiger partial charge in [-0.05, 0) is 24.3 Å². The smallest absolute Gasteiger partial charge is 0.299 e. The van der Waals surface area contributed by atoms with Crippen LogP contribution in [-0.2, 0) is 4.79 Å². The third-order valence-electron chi connectivity index (χ3n) is 3.32. The van der Waals surface area contributed by atoms with Crippen molar-refractivity contribution in [2.24, 2.45) is 5.92 Å². The van der Waals surface area contributed by atoms with Crippen molar-refractivity contribution in [1.82, 2.24) is 0 Å². The van der Waals surface area contributed by atoms with Gasteiger partial charge in [0.2, 0.25) is 0 Å².